The first-order chi connectivity index (χ1) is 3.79. The molecule has 1 rings (SSSR count). The lowest BCUT2D eigenvalue weighted by Crippen LogP contribution is -2.25. The van der Waals surface area contributed by atoms with E-state index in [2.05, 4.69) is 4.99 Å². The molecule has 4 heteroatoms. The van der Waals surface area contributed by atoms with Gasteiger partial charge in [0.15, 0.2) is 5.88 Å². The molecule has 0 aliphatic carbocycles. The van der Waals surface area contributed by atoms with Gasteiger partial charge in [-0.05, 0) is 0 Å². The van der Waals surface area contributed by atoms with E-state index in [0.717, 1.165) is 0 Å². The molecule has 0 fully saturated rings. The highest BCUT2D eigenvalue weighted by molar-refractivity contribution is 5.72. The summed E-state index contributed by atoms with van der Waals surface area (Å²) < 4.78 is 4.70. The van der Waals surface area contributed by atoms with Crippen LogP contribution >= 0.6 is 0 Å². The number of hydrogen-bond donors (Lipinski definition) is 2. The van der Waals surface area contributed by atoms with Gasteiger partial charge in [0.2, 0.25) is 6.35 Å². The van der Waals surface area contributed by atoms with Crippen molar-refractivity contribution in [2.75, 3.05) is 0 Å². The maximum atomic E-state index is 5.19. The van der Waals surface area contributed by atoms with Crippen molar-refractivity contribution in [3.63, 3.8) is 0 Å². The molecule has 0 radical (unpaired) electrons. The van der Waals surface area contributed by atoms with E-state index in [1.165, 1.54) is 6.21 Å². The fraction of sp³-hybridized carbons (Fsp3) is 0.250. The van der Waals surface area contributed by atoms with Crippen LogP contribution in [-0.2, 0) is 4.74 Å². The molecule has 0 saturated carbocycles. The predicted molar refractivity (Wildman–Crippen MR) is 29.8 cm³/mol. The Hall–Kier alpha value is -1.03. The molecule has 1 atom stereocenters. The Morgan fingerprint density at radius 1 is 1.75 bits per heavy atom. The fourth-order valence-electron chi connectivity index (χ4n) is 0.410. The molecular formula is C4H7N3O. The molecule has 0 spiro atoms. The van der Waals surface area contributed by atoms with Gasteiger partial charge in [-0.3, -0.25) is 5.73 Å². The molecule has 1 aliphatic heterocycles. The number of hydrogen-bond acceptors (Lipinski definition) is 4. The van der Waals surface area contributed by atoms with Gasteiger partial charge in [0.25, 0.3) is 0 Å². The predicted octanol–water partition coefficient (Wildman–Crippen LogP) is -0.870. The normalized spacial score (nSPS) is 26.6. The van der Waals surface area contributed by atoms with Gasteiger partial charge in [0.05, 0.1) is 0 Å². The number of aliphatic imine (C=N–C) groups is 1. The molecule has 0 bridgehead atoms. The first kappa shape index (κ1) is 5.11. The molecular weight excluding hydrogens is 106 g/mol. The maximum absolute atomic E-state index is 5.19. The zero-order valence-electron chi connectivity index (χ0n) is 4.24. The zero-order chi connectivity index (χ0) is 5.98. The number of ether oxygens (including phenoxy) is 1. The summed E-state index contributed by atoms with van der Waals surface area (Å²) in [6.45, 7) is 0. The van der Waals surface area contributed by atoms with Crippen LogP contribution < -0.4 is 11.5 Å². The summed E-state index contributed by atoms with van der Waals surface area (Å²) in [6, 6.07) is 0. The molecule has 4 nitrogen and oxygen atoms in total. The zero-order valence-corrected chi connectivity index (χ0v) is 4.24. The van der Waals surface area contributed by atoms with Gasteiger partial charge in [-0.15, -0.1) is 0 Å². The molecule has 1 unspecified atom stereocenters. The largest absolute Gasteiger partial charge is 0.441 e. The van der Waals surface area contributed by atoms with Crippen LogP contribution in [0, 0.1) is 0 Å². The summed E-state index contributed by atoms with van der Waals surface area (Å²) in [5.41, 5.74) is 10.4. The summed E-state index contributed by atoms with van der Waals surface area (Å²) in [5.74, 6) is 0.313. The highest BCUT2D eigenvalue weighted by Gasteiger charge is 2.01. The third kappa shape index (κ3) is 0.974. The van der Waals surface area contributed by atoms with Gasteiger partial charge in [0, 0.05) is 12.3 Å². The van der Waals surface area contributed by atoms with E-state index >= 15 is 0 Å². The van der Waals surface area contributed by atoms with Crippen LogP contribution in [0.1, 0.15) is 0 Å². The lowest BCUT2D eigenvalue weighted by atomic mass is 10.6. The third-order valence-corrected chi connectivity index (χ3v) is 0.729. The summed E-state index contributed by atoms with van der Waals surface area (Å²) >= 11 is 0. The molecule has 8 heavy (non-hydrogen) atoms. The fourth-order valence-corrected chi connectivity index (χ4v) is 0.410. The standard InChI is InChI=1S/C4H7N3O/c5-3-1-2-7-4(6)8-3/h1-2,4H,5-6H2. The minimum Gasteiger partial charge on any atom is -0.441 e. The summed E-state index contributed by atoms with van der Waals surface area (Å²) in [4.78, 5) is 3.65. The van der Waals surface area contributed by atoms with Gasteiger partial charge in [-0.2, -0.15) is 0 Å². The Morgan fingerprint density at radius 2 is 2.50 bits per heavy atom. The number of nitrogens with zero attached hydrogens (tertiary/aromatic N) is 1. The summed E-state index contributed by atoms with van der Waals surface area (Å²) in [5, 5.41) is 0. The van der Waals surface area contributed by atoms with Crippen LogP contribution in [0.2, 0.25) is 0 Å². The average molecular weight is 113 g/mol. The van der Waals surface area contributed by atoms with Crippen molar-refractivity contribution in [1.82, 2.24) is 0 Å². The number of nitrogens with two attached hydrogens (primary N) is 2. The van der Waals surface area contributed by atoms with Crippen molar-refractivity contribution in [2.24, 2.45) is 16.5 Å². The SMILES string of the molecule is NC1=CC=NC(N)O1. The van der Waals surface area contributed by atoms with Crippen LogP contribution in [-0.4, -0.2) is 12.6 Å². The highest BCUT2D eigenvalue weighted by Crippen LogP contribution is 1.96. The first-order valence-electron chi connectivity index (χ1n) is 2.20. The lowest BCUT2D eigenvalue weighted by Gasteiger charge is -2.11. The molecule has 0 amide bonds. The molecule has 0 aromatic rings. The van der Waals surface area contributed by atoms with Crippen LogP contribution in [0.15, 0.2) is 17.0 Å². The maximum Gasteiger partial charge on any atom is 0.246 e. The summed E-state index contributed by atoms with van der Waals surface area (Å²) in [6.07, 6.45) is 2.45. The van der Waals surface area contributed by atoms with E-state index in [0.29, 0.717) is 5.88 Å². The van der Waals surface area contributed by atoms with Crippen LogP contribution in [0.5, 0.6) is 0 Å². The third-order valence-electron chi connectivity index (χ3n) is 0.729. The van der Waals surface area contributed by atoms with Crippen molar-refractivity contribution in [3.05, 3.63) is 12.0 Å². The molecule has 0 saturated heterocycles. The second kappa shape index (κ2) is 1.83. The highest BCUT2D eigenvalue weighted by atomic mass is 16.5. The molecule has 0 aromatic heterocycles. The minimum atomic E-state index is -0.611. The van der Waals surface area contributed by atoms with Crippen molar-refractivity contribution >= 4 is 6.21 Å². The average Bonchev–Trinajstić information content (AvgIpc) is 1.64. The molecule has 1 aliphatic rings. The van der Waals surface area contributed by atoms with Crippen molar-refractivity contribution in [3.8, 4) is 0 Å². The second-order valence-corrected chi connectivity index (χ2v) is 1.38. The second-order valence-electron chi connectivity index (χ2n) is 1.38. The number of rotatable bonds is 0. The van der Waals surface area contributed by atoms with Crippen LogP contribution in [0.3, 0.4) is 0 Å². The molecule has 4 N–H and O–H groups in total. The van der Waals surface area contributed by atoms with E-state index in [4.69, 9.17) is 16.2 Å². The van der Waals surface area contributed by atoms with Gasteiger partial charge < -0.3 is 10.5 Å². The molecule has 1 heterocycles. The Kier molecular flexibility index (Phi) is 1.17. The van der Waals surface area contributed by atoms with E-state index in [1.807, 2.05) is 0 Å². The van der Waals surface area contributed by atoms with Crippen LogP contribution in [0.4, 0.5) is 0 Å². The van der Waals surface area contributed by atoms with E-state index in [9.17, 15) is 0 Å². The Balaban J connectivity index is 2.59. The molecule has 44 valence electrons. The smallest absolute Gasteiger partial charge is 0.246 e. The van der Waals surface area contributed by atoms with Crippen LogP contribution in [0.25, 0.3) is 0 Å². The van der Waals surface area contributed by atoms with E-state index < -0.39 is 6.35 Å². The van der Waals surface area contributed by atoms with Gasteiger partial charge in [-0.1, -0.05) is 0 Å². The minimum absolute atomic E-state index is 0.313. The molecule has 0 aromatic carbocycles. The van der Waals surface area contributed by atoms with Crippen molar-refractivity contribution < 1.29 is 4.74 Å². The lowest BCUT2D eigenvalue weighted by molar-refractivity contribution is 0.124. The summed E-state index contributed by atoms with van der Waals surface area (Å²) in [7, 11) is 0. The van der Waals surface area contributed by atoms with Gasteiger partial charge in [0.1, 0.15) is 0 Å². The van der Waals surface area contributed by atoms with Crippen molar-refractivity contribution in [2.45, 2.75) is 6.35 Å². The quantitative estimate of drug-likeness (QED) is 0.429. The van der Waals surface area contributed by atoms with Crippen molar-refractivity contribution in [1.29, 1.82) is 0 Å². The first-order valence-corrected chi connectivity index (χ1v) is 2.20. The Morgan fingerprint density at radius 3 is 2.88 bits per heavy atom. The van der Waals surface area contributed by atoms with Gasteiger partial charge >= 0.3 is 0 Å². The van der Waals surface area contributed by atoms with Gasteiger partial charge in [-0.25, -0.2) is 4.99 Å². The Bertz CT molecular complexity index is 140. The Labute approximate surface area is 46.8 Å². The van der Waals surface area contributed by atoms with E-state index in [1.54, 1.807) is 6.08 Å². The topological polar surface area (TPSA) is 73.6 Å². The van der Waals surface area contributed by atoms with E-state index in [-0.39, 0.29) is 0 Å². The number of allylic oxidation sites excluding steroid dienone is 1. The monoisotopic (exact) mass is 113 g/mol.